The topological polar surface area (TPSA) is 28.7 Å². The Bertz CT molecular complexity index is 338. The SMILES string of the molecule is CC1CCCc2[nH]c(C(C)C(C)C)nc21. The number of aromatic amines is 1. The maximum atomic E-state index is 4.80. The first-order chi connectivity index (χ1) is 7.09. The summed E-state index contributed by atoms with van der Waals surface area (Å²) >= 11 is 0. The quantitative estimate of drug-likeness (QED) is 0.786. The summed E-state index contributed by atoms with van der Waals surface area (Å²) in [5, 5.41) is 0. The van der Waals surface area contributed by atoms with E-state index in [1.54, 1.807) is 0 Å². The number of hydrogen-bond acceptors (Lipinski definition) is 1. The molecular formula is C13H22N2. The van der Waals surface area contributed by atoms with Crippen molar-refractivity contribution in [2.24, 2.45) is 5.92 Å². The van der Waals surface area contributed by atoms with E-state index in [1.807, 2.05) is 0 Å². The van der Waals surface area contributed by atoms with Crippen LogP contribution in [0.2, 0.25) is 0 Å². The first-order valence-electron chi connectivity index (χ1n) is 6.18. The molecule has 2 nitrogen and oxygen atoms in total. The average Bonchev–Trinajstić information content (AvgIpc) is 2.61. The van der Waals surface area contributed by atoms with Crippen LogP contribution in [-0.4, -0.2) is 9.97 Å². The van der Waals surface area contributed by atoms with E-state index in [0.717, 1.165) is 0 Å². The molecule has 2 rings (SSSR count). The number of rotatable bonds is 2. The molecule has 15 heavy (non-hydrogen) atoms. The van der Waals surface area contributed by atoms with Crippen molar-refractivity contribution in [1.29, 1.82) is 0 Å². The Kier molecular flexibility index (Phi) is 2.85. The summed E-state index contributed by atoms with van der Waals surface area (Å²) in [4.78, 5) is 8.33. The Balaban J connectivity index is 2.29. The minimum absolute atomic E-state index is 0.544. The van der Waals surface area contributed by atoms with Crippen LogP contribution in [-0.2, 0) is 6.42 Å². The predicted octanol–water partition coefficient (Wildman–Crippen LogP) is 3.61. The van der Waals surface area contributed by atoms with Gasteiger partial charge in [0.1, 0.15) is 5.82 Å². The molecule has 2 heteroatoms. The fraction of sp³-hybridized carbons (Fsp3) is 0.769. The number of aryl methyl sites for hydroxylation is 1. The molecule has 0 fully saturated rings. The van der Waals surface area contributed by atoms with Crippen LogP contribution in [0.3, 0.4) is 0 Å². The van der Waals surface area contributed by atoms with Gasteiger partial charge in [-0.05, 0) is 25.2 Å². The number of H-pyrrole nitrogens is 1. The van der Waals surface area contributed by atoms with Crippen LogP contribution < -0.4 is 0 Å². The third kappa shape index (κ3) is 1.95. The molecule has 1 aromatic rings. The third-order valence-electron chi connectivity index (χ3n) is 3.79. The monoisotopic (exact) mass is 206 g/mol. The molecule has 0 aliphatic heterocycles. The molecule has 1 heterocycles. The summed E-state index contributed by atoms with van der Waals surface area (Å²) in [6.07, 6.45) is 3.80. The van der Waals surface area contributed by atoms with Crippen molar-refractivity contribution in [3.05, 3.63) is 17.2 Å². The zero-order valence-corrected chi connectivity index (χ0v) is 10.3. The molecule has 1 aliphatic rings. The van der Waals surface area contributed by atoms with Crippen molar-refractivity contribution in [3.8, 4) is 0 Å². The van der Waals surface area contributed by atoms with E-state index in [9.17, 15) is 0 Å². The second-order valence-corrected chi connectivity index (χ2v) is 5.31. The van der Waals surface area contributed by atoms with Gasteiger partial charge in [-0.1, -0.05) is 27.7 Å². The first kappa shape index (κ1) is 10.7. The number of nitrogens with one attached hydrogen (secondary N) is 1. The smallest absolute Gasteiger partial charge is 0.109 e. The molecule has 0 saturated heterocycles. The largest absolute Gasteiger partial charge is 0.345 e. The van der Waals surface area contributed by atoms with Crippen LogP contribution in [0, 0.1) is 5.92 Å². The number of hydrogen-bond donors (Lipinski definition) is 1. The van der Waals surface area contributed by atoms with Crippen molar-refractivity contribution >= 4 is 0 Å². The molecule has 0 bridgehead atoms. The van der Waals surface area contributed by atoms with Gasteiger partial charge in [-0.15, -0.1) is 0 Å². The molecule has 0 saturated carbocycles. The molecular weight excluding hydrogens is 184 g/mol. The van der Waals surface area contributed by atoms with E-state index >= 15 is 0 Å². The average molecular weight is 206 g/mol. The summed E-state index contributed by atoms with van der Waals surface area (Å²) < 4.78 is 0. The lowest BCUT2D eigenvalue weighted by atomic mass is 9.92. The molecule has 0 aromatic carbocycles. The molecule has 1 aromatic heterocycles. The van der Waals surface area contributed by atoms with E-state index in [-0.39, 0.29) is 0 Å². The van der Waals surface area contributed by atoms with Crippen LogP contribution >= 0.6 is 0 Å². The summed E-state index contributed by atoms with van der Waals surface area (Å²) in [5.74, 6) is 3.05. The fourth-order valence-corrected chi connectivity index (χ4v) is 2.30. The molecule has 84 valence electrons. The molecule has 1 aliphatic carbocycles. The van der Waals surface area contributed by atoms with Crippen LogP contribution in [0.25, 0.3) is 0 Å². The van der Waals surface area contributed by atoms with Gasteiger partial charge in [0.15, 0.2) is 0 Å². The minimum Gasteiger partial charge on any atom is -0.345 e. The summed E-state index contributed by atoms with van der Waals surface area (Å²) in [6, 6.07) is 0. The maximum Gasteiger partial charge on any atom is 0.109 e. The Morgan fingerprint density at radius 1 is 1.33 bits per heavy atom. The van der Waals surface area contributed by atoms with Gasteiger partial charge in [0.2, 0.25) is 0 Å². The van der Waals surface area contributed by atoms with Crippen molar-refractivity contribution < 1.29 is 0 Å². The van der Waals surface area contributed by atoms with Crippen LogP contribution in [0.5, 0.6) is 0 Å². The third-order valence-corrected chi connectivity index (χ3v) is 3.79. The number of aromatic nitrogens is 2. The molecule has 2 unspecified atom stereocenters. The lowest BCUT2D eigenvalue weighted by molar-refractivity contribution is 0.513. The van der Waals surface area contributed by atoms with Gasteiger partial charge in [-0.3, -0.25) is 0 Å². The lowest BCUT2D eigenvalue weighted by Crippen LogP contribution is -2.06. The number of imidazole rings is 1. The molecule has 1 N–H and O–H groups in total. The number of nitrogens with zero attached hydrogens (tertiary/aromatic N) is 1. The van der Waals surface area contributed by atoms with Crippen molar-refractivity contribution in [2.45, 2.75) is 58.8 Å². The standard InChI is InChI=1S/C13H22N2/c1-8(2)10(4)13-14-11-7-5-6-9(3)12(11)15-13/h8-10H,5-7H2,1-4H3,(H,14,15). The second kappa shape index (κ2) is 3.99. The molecule has 0 radical (unpaired) electrons. The van der Waals surface area contributed by atoms with Gasteiger partial charge < -0.3 is 4.98 Å². The van der Waals surface area contributed by atoms with Crippen LogP contribution in [0.15, 0.2) is 0 Å². The zero-order chi connectivity index (χ0) is 11.0. The van der Waals surface area contributed by atoms with Crippen LogP contribution in [0.4, 0.5) is 0 Å². The Morgan fingerprint density at radius 3 is 2.67 bits per heavy atom. The Hall–Kier alpha value is -0.790. The van der Waals surface area contributed by atoms with Crippen molar-refractivity contribution in [3.63, 3.8) is 0 Å². The van der Waals surface area contributed by atoms with E-state index in [2.05, 4.69) is 32.7 Å². The summed E-state index contributed by atoms with van der Waals surface area (Å²) in [7, 11) is 0. The molecule has 0 amide bonds. The summed E-state index contributed by atoms with van der Waals surface area (Å²) in [6.45, 7) is 9.08. The minimum atomic E-state index is 0.544. The maximum absolute atomic E-state index is 4.80. The zero-order valence-electron chi connectivity index (χ0n) is 10.3. The van der Waals surface area contributed by atoms with Gasteiger partial charge in [0, 0.05) is 17.5 Å². The normalized spacial score (nSPS) is 22.9. The van der Waals surface area contributed by atoms with Crippen molar-refractivity contribution in [1.82, 2.24) is 9.97 Å². The number of fused-ring (bicyclic) bond motifs is 1. The van der Waals surface area contributed by atoms with Gasteiger partial charge in [0.05, 0.1) is 5.69 Å². The van der Waals surface area contributed by atoms with Gasteiger partial charge in [-0.2, -0.15) is 0 Å². The van der Waals surface area contributed by atoms with E-state index in [4.69, 9.17) is 4.98 Å². The van der Waals surface area contributed by atoms with E-state index in [0.29, 0.717) is 17.8 Å². The molecule has 0 spiro atoms. The predicted molar refractivity (Wildman–Crippen MR) is 63.2 cm³/mol. The second-order valence-electron chi connectivity index (χ2n) is 5.31. The first-order valence-corrected chi connectivity index (χ1v) is 6.18. The highest BCUT2D eigenvalue weighted by Crippen LogP contribution is 2.32. The van der Waals surface area contributed by atoms with Gasteiger partial charge in [0.25, 0.3) is 0 Å². The lowest BCUT2D eigenvalue weighted by Gasteiger charge is -2.15. The fourth-order valence-electron chi connectivity index (χ4n) is 2.30. The Morgan fingerprint density at radius 2 is 2.07 bits per heavy atom. The highest BCUT2D eigenvalue weighted by Gasteiger charge is 2.23. The van der Waals surface area contributed by atoms with Gasteiger partial charge >= 0.3 is 0 Å². The summed E-state index contributed by atoms with van der Waals surface area (Å²) in [5.41, 5.74) is 2.74. The van der Waals surface area contributed by atoms with Gasteiger partial charge in [-0.25, -0.2) is 4.98 Å². The van der Waals surface area contributed by atoms with E-state index < -0.39 is 0 Å². The van der Waals surface area contributed by atoms with E-state index in [1.165, 1.54) is 36.5 Å². The highest BCUT2D eigenvalue weighted by molar-refractivity contribution is 5.22. The highest BCUT2D eigenvalue weighted by atomic mass is 15.0. The Labute approximate surface area is 92.5 Å². The van der Waals surface area contributed by atoms with Crippen molar-refractivity contribution in [2.75, 3.05) is 0 Å². The molecule has 2 atom stereocenters. The van der Waals surface area contributed by atoms with Crippen LogP contribution in [0.1, 0.15) is 69.6 Å².